The summed E-state index contributed by atoms with van der Waals surface area (Å²) < 4.78 is 5.20. The van der Waals surface area contributed by atoms with E-state index in [4.69, 9.17) is 17.0 Å². The Labute approximate surface area is 166 Å². The molecular weight excluding hydrogens is 384 g/mol. The van der Waals surface area contributed by atoms with Gasteiger partial charge in [0.1, 0.15) is 0 Å². The molecule has 10 heteroatoms. The summed E-state index contributed by atoms with van der Waals surface area (Å²) in [5.41, 5.74) is 0.954. The van der Waals surface area contributed by atoms with Gasteiger partial charge in [0, 0.05) is 29.9 Å². The molecule has 3 N–H and O–H groups in total. The van der Waals surface area contributed by atoms with Crippen molar-refractivity contribution in [3.8, 4) is 5.75 Å². The van der Waals surface area contributed by atoms with E-state index in [1.54, 1.807) is 31.2 Å². The molecule has 0 atom stereocenters. The topological polar surface area (TPSA) is 123 Å². The van der Waals surface area contributed by atoms with E-state index in [1.165, 1.54) is 25.1 Å². The van der Waals surface area contributed by atoms with Gasteiger partial charge in [-0.25, -0.2) is 0 Å². The van der Waals surface area contributed by atoms with Crippen LogP contribution in [0.4, 0.5) is 17.1 Å². The lowest BCUT2D eigenvalue weighted by molar-refractivity contribution is -0.385. The summed E-state index contributed by atoms with van der Waals surface area (Å²) in [5.74, 6) is -0.680. The zero-order valence-corrected chi connectivity index (χ0v) is 16.0. The molecule has 2 aromatic carbocycles. The summed E-state index contributed by atoms with van der Waals surface area (Å²) >= 11 is 4.96. The maximum atomic E-state index is 12.4. The molecule has 0 spiro atoms. The van der Waals surface area contributed by atoms with Crippen molar-refractivity contribution in [1.29, 1.82) is 0 Å². The Morgan fingerprint density at radius 2 is 1.71 bits per heavy atom. The third-order valence-corrected chi connectivity index (χ3v) is 3.61. The van der Waals surface area contributed by atoms with Crippen molar-refractivity contribution in [3.05, 3.63) is 58.1 Å². The van der Waals surface area contributed by atoms with Crippen molar-refractivity contribution in [1.82, 2.24) is 5.32 Å². The van der Waals surface area contributed by atoms with Gasteiger partial charge in [-0.05, 0) is 55.5 Å². The summed E-state index contributed by atoms with van der Waals surface area (Å²) in [6.45, 7) is 3.34. The van der Waals surface area contributed by atoms with Crippen LogP contribution in [0.5, 0.6) is 5.75 Å². The second-order valence-electron chi connectivity index (χ2n) is 5.54. The maximum Gasteiger partial charge on any atom is 0.311 e. The predicted molar refractivity (Wildman–Crippen MR) is 109 cm³/mol. The molecule has 0 aliphatic heterocycles. The number of anilines is 2. The summed E-state index contributed by atoms with van der Waals surface area (Å²) in [7, 11) is 0. The molecule has 0 saturated carbocycles. The zero-order chi connectivity index (χ0) is 20.7. The van der Waals surface area contributed by atoms with Crippen molar-refractivity contribution in [2.45, 2.75) is 13.8 Å². The van der Waals surface area contributed by atoms with Crippen LogP contribution < -0.4 is 20.7 Å². The van der Waals surface area contributed by atoms with Crippen LogP contribution in [-0.2, 0) is 4.79 Å². The number of carbonyl (C=O) groups is 2. The van der Waals surface area contributed by atoms with Crippen LogP contribution in [0.15, 0.2) is 42.5 Å². The summed E-state index contributed by atoms with van der Waals surface area (Å²) in [4.78, 5) is 33.9. The van der Waals surface area contributed by atoms with Gasteiger partial charge in [-0.2, -0.15) is 0 Å². The number of thiocarbonyl (C=S) groups is 1. The third kappa shape index (κ3) is 5.74. The fraction of sp³-hybridized carbons (Fsp3) is 0.167. The van der Waals surface area contributed by atoms with Gasteiger partial charge < -0.3 is 20.7 Å². The second kappa shape index (κ2) is 9.42. The molecule has 0 saturated heterocycles. The number of benzene rings is 2. The molecule has 0 aliphatic rings. The molecule has 2 aromatic rings. The number of amides is 2. The minimum absolute atomic E-state index is 0.106. The van der Waals surface area contributed by atoms with Crippen molar-refractivity contribution in [2.24, 2.45) is 0 Å². The minimum atomic E-state index is -0.597. The number of nitro benzene ring substituents is 1. The Bertz CT molecular complexity index is 915. The third-order valence-electron chi connectivity index (χ3n) is 3.41. The van der Waals surface area contributed by atoms with Crippen LogP contribution in [0.1, 0.15) is 24.2 Å². The summed E-state index contributed by atoms with van der Waals surface area (Å²) in [5, 5.41) is 19.2. The first-order valence-corrected chi connectivity index (χ1v) is 8.62. The Morgan fingerprint density at radius 3 is 2.25 bits per heavy atom. The minimum Gasteiger partial charge on any atom is -0.487 e. The second-order valence-corrected chi connectivity index (χ2v) is 5.95. The highest BCUT2D eigenvalue weighted by atomic mass is 32.1. The first kappa shape index (κ1) is 20.8. The van der Waals surface area contributed by atoms with E-state index < -0.39 is 10.8 Å². The molecule has 28 heavy (non-hydrogen) atoms. The summed E-state index contributed by atoms with van der Waals surface area (Å²) in [6, 6.07) is 10.6. The fourth-order valence-corrected chi connectivity index (χ4v) is 2.50. The number of ether oxygens (including phenoxy) is 1. The fourth-order valence-electron chi connectivity index (χ4n) is 2.24. The number of nitro groups is 1. The van der Waals surface area contributed by atoms with Gasteiger partial charge in [0.2, 0.25) is 5.91 Å². The molecule has 0 fully saturated rings. The normalized spacial score (nSPS) is 9.93. The molecule has 146 valence electrons. The van der Waals surface area contributed by atoms with E-state index in [2.05, 4.69) is 16.0 Å². The Balaban J connectivity index is 2.08. The van der Waals surface area contributed by atoms with E-state index >= 15 is 0 Å². The number of hydrogen-bond acceptors (Lipinski definition) is 6. The van der Waals surface area contributed by atoms with Crippen LogP contribution in [0, 0.1) is 10.1 Å². The maximum absolute atomic E-state index is 12.4. The van der Waals surface area contributed by atoms with Gasteiger partial charge in [-0.3, -0.25) is 19.7 Å². The van der Waals surface area contributed by atoms with Gasteiger partial charge in [0.25, 0.3) is 5.91 Å². The monoisotopic (exact) mass is 402 g/mol. The van der Waals surface area contributed by atoms with Gasteiger partial charge >= 0.3 is 5.69 Å². The van der Waals surface area contributed by atoms with Crippen LogP contribution in [-0.4, -0.2) is 28.5 Å². The largest absolute Gasteiger partial charge is 0.487 e. The molecule has 0 aliphatic carbocycles. The predicted octanol–water partition coefficient (Wildman–Crippen LogP) is 3.08. The lowest BCUT2D eigenvalue weighted by Gasteiger charge is -2.10. The van der Waals surface area contributed by atoms with Crippen molar-refractivity contribution < 1.29 is 19.2 Å². The van der Waals surface area contributed by atoms with E-state index in [1.807, 2.05) is 0 Å². The summed E-state index contributed by atoms with van der Waals surface area (Å²) in [6.07, 6.45) is 0. The number of nitrogens with zero attached hydrogens (tertiary/aromatic N) is 1. The van der Waals surface area contributed by atoms with E-state index in [0.717, 1.165) is 0 Å². The lowest BCUT2D eigenvalue weighted by Crippen LogP contribution is -2.32. The van der Waals surface area contributed by atoms with Crippen molar-refractivity contribution in [3.63, 3.8) is 0 Å². The highest BCUT2D eigenvalue weighted by Gasteiger charge is 2.18. The number of nitrogens with one attached hydrogen (secondary N) is 3. The number of carbonyl (C=O) groups excluding carboxylic acids is 2. The molecule has 2 rings (SSSR count). The first-order chi connectivity index (χ1) is 13.3. The zero-order valence-electron chi connectivity index (χ0n) is 15.1. The molecule has 0 bridgehead atoms. The molecule has 9 nitrogen and oxygen atoms in total. The van der Waals surface area contributed by atoms with E-state index in [0.29, 0.717) is 11.4 Å². The van der Waals surface area contributed by atoms with Crippen LogP contribution in [0.3, 0.4) is 0 Å². The molecule has 0 radical (unpaired) electrons. The van der Waals surface area contributed by atoms with Gasteiger partial charge in [-0.15, -0.1) is 0 Å². The van der Waals surface area contributed by atoms with Crippen LogP contribution >= 0.6 is 12.2 Å². The van der Waals surface area contributed by atoms with Crippen LogP contribution in [0.2, 0.25) is 0 Å². The average Bonchev–Trinajstić information content (AvgIpc) is 2.63. The average molecular weight is 402 g/mol. The Kier molecular flexibility index (Phi) is 6.99. The van der Waals surface area contributed by atoms with Gasteiger partial charge in [0.15, 0.2) is 10.9 Å². The van der Waals surface area contributed by atoms with Crippen molar-refractivity contribution >= 4 is 46.2 Å². The van der Waals surface area contributed by atoms with Gasteiger partial charge in [-0.1, -0.05) is 0 Å². The lowest BCUT2D eigenvalue weighted by atomic mass is 10.1. The number of hydrogen-bond donors (Lipinski definition) is 3. The molecule has 2 amide bonds. The molecular formula is C18H18N4O5S. The molecule has 0 heterocycles. The Hall–Kier alpha value is -3.53. The standard InChI is InChI=1S/C18H18N4O5S/c1-3-27-16-9-4-12(10-15(16)22(25)26)17(24)20-13-5-7-14(8-6-13)21-18(28)19-11(2)23/h4-10H,3H2,1-2H3,(H,20,24)(H2,19,21,23,28). The van der Waals surface area contributed by atoms with Gasteiger partial charge in [0.05, 0.1) is 11.5 Å². The SMILES string of the molecule is CCOc1ccc(C(=O)Nc2ccc(NC(=S)NC(C)=O)cc2)cc1[N+](=O)[O-]. The van der Waals surface area contributed by atoms with E-state index in [9.17, 15) is 19.7 Å². The molecule has 0 unspecified atom stereocenters. The smallest absolute Gasteiger partial charge is 0.311 e. The molecule has 0 aromatic heterocycles. The first-order valence-electron chi connectivity index (χ1n) is 8.21. The quantitative estimate of drug-likeness (QED) is 0.385. The Morgan fingerprint density at radius 1 is 1.11 bits per heavy atom. The van der Waals surface area contributed by atoms with Crippen LogP contribution in [0.25, 0.3) is 0 Å². The highest BCUT2D eigenvalue weighted by Crippen LogP contribution is 2.28. The van der Waals surface area contributed by atoms with Crippen molar-refractivity contribution in [2.75, 3.05) is 17.2 Å². The van der Waals surface area contributed by atoms with E-state index in [-0.39, 0.29) is 34.6 Å². The number of rotatable bonds is 6. The highest BCUT2D eigenvalue weighted by molar-refractivity contribution is 7.80.